The predicted molar refractivity (Wildman–Crippen MR) is 112 cm³/mol. The first-order valence-electron chi connectivity index (χ1n) is 9.72. The van der Waals surface area contributed by atoms with Crippen molar-refractivity contribution in [2.75, 3.05) is 6.54 Å². The smallest absolute Gasteiger partial charge is 0.261 e. The molecule has 0 atom stereocenters. The molecule has 1 aliphatic heterocycles. The van der Waals surface area contributed by atoms with E-state index in [4.69, 9.17) is 0 Å². The van der Waals surface area contributed by atoms with Crippen molar-refractivity contribution in [3.8, 4) is 0 Å². The van der Waals surface area contributed by atoms with Crippen LogP contribution in [0.25, 0.3) is 10.9 Å². The van der Waals surface area contributed by atoms with Crippen molar-refractivity contribution in [1.82, 2.24) is 14.7 Å². The number of imide groups is 1. The molecule has 0 aliphatic carbocycles. The van der Waals surface area contributed by atoms with Gasteiger partial charge in [-0.25, -0.2) is 0 Å². The van der Waals surface area contributed by atoms with Gasteiger partial charge in [-0.1, -0.05) is 53.4 Å². The Labute approximate surface area is 172 Å². The molecule has 1 aliphatic rings. The van der Waals surface area contributed by atoms with Gasteiger partial charge in [0.1, 0.15) is 0 Å². The van der Waals surface area contributed by atoms with Crippen LogP contribution in [0, 0.1) is 0 Å². The molecule has 2 aromatic carbocycles. The molecule has 0 fully saturated rings. The fraction of sp³-hybridized carbons (Fsp3) is 0.318. The van der Waals surface area contributed by atoms with Gasteiger partial charge < -0.3 is 0 Å². The maximum Gasteiger partial charge on any atom is 0.261 e. The fourth-order valence-corrected chi connectivity index (χ4v) is 4.15. The largest absolute Gasteiger partial charge is 0.274 e. The average molecular weight is 440 g/mol. The molecule has 0 radical (unpaired) electrons. The van der Waals surface area contributed by atoms with Gasteiger partial charge in [-0.15, -0.1) is 0 Å². The second-order valence-electron chi connectivity index (χ2n) is 7.14. The van der Waals surface area contributed by atoms with E-state index in [9.17, 15) is 9.59 Å². The van der Waals surface area contributed by atoms with E-state index in [0.29, 0.717) is 17.7 Å². The Morgan fingerprint density at radius 1 is 0.786 bits per heavy atom. The molecule has 0 saturated carbocycles. The molecule has 1 aromatic heterocycles. The molecule has 4 rings (SSSR count). The van der Waals surface area contributed by atoms with Crippen LogP contribution in [-0.4, -0.2) is 33.0 Å². The first-order valence-corrected chi connectivity index (χ1v) is 10.5. The standard InChI is InChI=1S/C22H22BrN3O2/c23-19-11-8-12-20-18(19)15-25(24-20)13-6-2-1-3-7-14-26-21(27)16-9-4-5-10-17(16)22(26)28/h4-5,8-12,15H,1-3,6-7,13-14H2. The summed E-state index contributed by atoms with van der Waals surface area (Å²) in [5.74, 6) is -0.310. The van der Waals surface area contributed by atoms with Crippen molar-refractivity contribution in [2.24, 2.45) is 0 Å². The summed E-state index contributed by atoms with van der Waals surface area (Å²) in [6.45, 7) is 1.41. The number of carbonyl (C=O) groups excluding carboxylic acids is 2. The van der Waals surface area contributed by atoms with Crippen molar-refractivity contribution >= 4 is 38.6 Å². The summed E-state index contributed by atoms with van der Waals surface area (Å²) < 4.78 is 3.08. The van der Waals surface area contributed by atoms with E-state index >= 15 is 0 Å². The summed E-state index contributed by atoms with van der Waals surface area (Å²) in [7, 11) is 0. The highest BCUT2D eigenvalue weighted by Gasteiger charge is 2.34. The Balaban J connectivity index is 1.17. The van der Waals surface area contributed by atoms with E-state index in [0.717, 1.165) is 54.0 Å². The van der Waals surface area contributed by atoms with Crippen LogP contribution in [0.4, 0.5) is 0 Å². The topological polar surface area (TPSA) is 55.2 Å². The number of carbonyl (C=O) groups is 2. The van der Waals surface area contributed by atoms with Gasteiger partial charge in [0.15, 0.2) is 0 Å². The van der Waals surface area contributed by atoms with Gasteiger partial charge in [-0.2, -0.15) is 5.10 Å². The first-order chi connectivity index (χ1) is 13.6. The number of fused-ring (bicyclic) bond motifs is 2. The van der Waals surface area contributed by atoms with Gasteiger partial charge >= 0.3 is 0 Å². The summed E-state index contributed by atoms with van der Waals surface area (Å²) in [5, 5.41) is 5.74. The molecular weight excluding hydrogens is 418 g/mol. The average Bonchev–Trinajstić information content (AvgIpc) is 3.23. The summed E-state index contributed by atoms with van der Waals surface area (Å²) in [6.07, 6.45) is 7.22. The minimum atomic E-state index is -0.155. The number of unbranched alkanes of at least 4 members (excludes halogenated alkanes) is 4. The number of aryl methyl sites for hydroxylation is 1. The minimum absolute atomic E-state index is 0.155. The summed E-state index contributed by atoms with van der Waals surface area (Å²) >= 11 is 3.56. The summed E-state index contributed by atoms with van der Waals surface area (Å²) in [6, 6.07) is 13.1. The first kappa shape index (κ1) is 18.9. The van der Waals surface area contributed by atoms with Crippen molar-refractivity contribution in [3.05, 3.63) is 64.3 Å². The van der Waals surface area contributed by atoms with E-state index in [1.807, 2.05) is 22.9 Å². The van der Waals surface area contributed by atoms with Crippen LogP contribution in [0.15, 0.2) is 53.1 Å². The number of benzene rings is 2. The van der Waals surface area contributed by atoms with Gasteiger partial charge in [0, 0.05) is 29.1 Å². The van der Waals surface area contributed by atoms with E-state index in [1.54, 1.807) is 24.3 Å². The molecule has 6 heteroatoms. The molecule has 0 spiro atoms. The summed E-state index contributed by atoms with van der Waals surface area (Å²) in [4.78, 5) is 26.0. The van der Waals surface area contributed by atoms with Crippen molar-refractivity contribution < 1.29 is 9.59 Å². The van der Waals surface area contributed by atoms with Gasteiger partial charge in [0.05, 0.1) is 16.6 Å². The van der Waals surface area contributed by atoms with Crippen LogP contribution in [0.1, 0.15) is 52.8 Å². The van der Waals surface area contributed by atoms with Gasteiger partial charge in [0.25, 0.3) is 11.8 Å². The van der Waals surface area contributed by atoms with Crippen molar-refractivity contribution in [3.63, 3.8) is 0 Å². The molecule has 28 heavy (non-hydrogen) atoms. The quantitative estimate of drug-likeness (QED) is 0.364. The molecule has 3 aromatic rings. The Morgan fingerprint density at radius 3 is 2.11 bits per heavy atom. The molecule has 144 valence electrons. The van der Waals surface area contributed by atoms with Crippen LogP contribution in [-0.2, 0) is 6.54 Å². The number of hydrogen-bond acceptors (Lipinski definition) is 3. The van der Waals surface area contributed by atoms with Gasteiger partial charge in [-0.3, -0.25) is 19.2 Å². The third kappa shape index (κ3) is 3.74. The highest BCUT2D eigenvalue weighted by molar-refractivity contribution is 9.10. The van der Waals surface area contributed by atoms with Gasteiger partial charge in [-0.05, 0) is 37.1 Å². The number of halogens is 1. The number of amides is 2. The maximum atomic E-state index is 12.3. The molecule has 2 heterocycles. The normalized spacial score (nSPS) is 13.5. The number of hydrogen-bond donors (Lipinski definition) is 0. The van der Waals surface area contributed by atoms with Crippen molar-refractivity contribution in [2.45, 2.75) is 38.6 Å². The van der Waals surface area contributed by atoms with E-state index < -0.39 is 0 Å². The third-order valence-electron chi connectivity index (χ3n) is 5.19. The Morgan fingerprint density at radius 2 is 1.43 bits per heavy atom. The lowest BCUT2D eigenvalue weighted by Gasteiger charge is -2.13. The van der Waals surface area contributed by atoms with Crippen LogP contribution < -0.4 is 0 Å². The SMILES string of the molecule is O=C1c2ccccc2C(=O)N1CCCCCCCn1cc2c(Br)cccc2n1. The Kier molecular flexibility index (Phi) is 5.57. The van der Waals surface area contributed by atoms with E-state index in [-0.39, 0.29) is 11.8 Å². The lowest BCUT2D eigenvalue weighted by Crippen LogP contribution is -2.30. The third-order valence-corrected chi connectivity index (χ3v) is 5.88. The zero-order valence-electron chi connectivity index (χ0n) is 15.6. The molecule has 5 nitrogen and oxygen atoms in total. The highest BCUT2D eigenvalue weighted by Crippen LogP contribution is 2.24. The Hall–Kier alpha value is -2.47. The highest BCUT2D eigenvalue weighted by atomic mass is 79.9. The zero-order valence-corrected chi connectivity index (χ0v) is 17.2. The Bertz CT molecular complexity index is 993. The van der Waals surface area contributed by atoms with Crippen LogP contribution in [0.3, 0.4) is 0 Å². The van der Waals surface area contributed by atoms with E-state index in [2.05, 4.69) is 27.2 Å². The van der Waals surface area contributed by atoms with Crippen LogP contribution >= 0.6 is 15.9 Å². The maximum absolute atomic E-state index is 12.3. The summed E-state index contributed by atoms with van der Waals surface area (Å²) in [5.41, 5.74) is 2.08. The lowest BCUT2D eigenvalue weighted by atomic mass is 10.1. The van der Waals surface area contributed by atoms with Gasteiger partial charge in [0.2, 0.25) is 0 Å². The predicted octanol–water partition coefficient (Wildman–Crippen LogP) is 5.05. The molecule has 2 amide bonds. The number of aromatic nitrogens is 2. The second kappa shape index (κ2) is 8.27. The molecule has 0 bridgehead atoms. The number of rotatable bonds is 8. The molecule has 0 unspecified atom stereocenters. The fourth-order valence-electron chi connectivity index (χ4n) is 3.69. The zero-order chi connectivity index (χ0) is 19.5. The lowest BCUT2D eigenvalue weighted by molar-refractivity contribution is 0.0651. The molecule has 0 saturated heterocycles. The minimum Gasteiger partial charge on any atom is -0.274 e. The van der Waals surface area contributed by atoms with Crippen LogP contribution in [0.2, 0.25) is 0 Å². The molecule has 0 N–H and O–H groups in total. The molecular formula is C22H22BrN3O2. The van der Waals surface area contributed by atoms with E-state index in [1.165, 1.54) is 4.90 Å². The second-order valence-corrected chi connectivity index (χ2v) is 7.99. The van der Waals surface area contributed by atoms with Crippen molar-refractivity contribution in [1.29, 1.82) is 0 Å². The number of nitrogens with zero attached hydrogens (tertiary/aromatic N) is 3. The van der Waals surface area contributed by atoms with Crippen LogP contribution in [0.5, 0.6) is 0 Å². The monoisotopic (exact) mass is 439 g/mol.